The lowest BCUT2D eigenvalue weighted by atomic mass is 10.3. The molecule has 0 fully saturated rings. The quantitative estimate of drug-likeness (QED) is 0.391. The van der Waals surface area contributed by atoms with E-state index in [9.17, 15) is 4.79 Å². The molecule has 2 N–H and O–H groups in total. The molecule has 0 radical (unpaired) electrons. The Morgan fingerprint density at radius 2 is 1.84 bits per heavy atom. The maximum absolute atomic E-state index is 13.3. The molecule has 10 heteroatoms. The number of benzene rings is 2. The van der Waals surface area contributed by atoms with Crippen molar-refractivity contribution in [3.05, 3.63) is 69.8 Å². The van der Waals surface area contributed by atoms with Crippen molar-refractivity contribution in [3.8, 4) is 0 Å². The van der Waals surface area contributed by atoms with Gasteiger partial charge in [0.2, 0.25) is 5.95 Å². The Morgan fingerprint density at radius 1 is 1.10 bits per heavy atom. The summed E-state index contributed by atoms with van der Waals surface area (Å²) in [4.78, 5) is 23.4. The number of hydrogen-bond donors (Lipinski definition) is 2. The third kappa shape index (κ3) is 5.77. The molecule has 1 heterocycles. The van der Waals surface area contributed by atoms with Gasteiger partial charge in [-0.15, -0.1) is 0 Å². The van der Waals surface area contributed by atoms with Crippen molar-refractivity contribution < 1.29 is 9.53 Å². The number of rotatable bonds is 7. The molecule has 0 aliphatic carbocycles. The fourth-order valence-corrected chi connectivity index (χ4v) is 3.36. The zero-order valence-electron chi connectivity index (χ0n) is 16.8. The molecule has 0 spiro atoms. The number of carbonyl (C=O) groups excluding carboxylic acids is 1. The fraction of sp³-hybridized carbons (Fsp3) is 0.190. The minimum absolute atomic E-state index is 0.0192. The average Bonchev–Trinajstić information content (AvgIpc) is 2.75. The van der Waals surface area contributed by atoms with Crippen molar-refractivity contribution in [2.24, 2.45) is 0 Å². The summed E-state index contributed by atoms with van der Waals surface area (Å²) in [6.45, 7) is 2.42. The predicted molar refractivity (Wildman–Crippen MR) is 126 cm³/mol. The van der Waals surface area contributed by atoms with E-state index in [4.69, 9.17) is 39.5 Å². The number of carbonyl (C=O) groups is 1. The predicted octanol–water partition coefficient (Wildman–Crippen LogP) is 6.25. The maximum atomic E-state index is 13.3. The number of ether oxygens (including phenoxy) is 1. The van der Waals surface area contributed by atoms with Gasteiger partial charge in [-0.3, -0.25) is 0 Å². The number of urea groups is 1. The number of methoxy groups -OCH3 is 1. The van der Waals surface area contributed by atoms with Crippen LogP contribution in [0.4, 0.5) is 27.9 Å². The molecule has 0 aliphatic heterocycles. The van der Waals surface area contributed by atoms with Gasteiger partial charge in [-0.2, -0.15) is 4.98 Å². The third-order valence-corrected chi connectivity index (χ3v) is 5.45. The van der Waals surface area contributed by atoms with E-state index in [1.807, 2.05) is 25.1 Å². The molecule has 2 aromatic carbocycles. The van der Waals surface area contributed by atoms with Gasteiger partial charge in [0.05, 0.1) is 33.0 Å². The second-order valence-corrected chi connectivity index (χ2v) is 7.73. The normalized spacial score (nSPS) is 11.6. The number of nitrogens with zero attached hydrogens (tertiary/aromatic N) is 3. The largest absolute Gasteiger partial charge is 0.383 e. The monoisotopic (exact) mass is 479 g/mol. The molecule has 3 aromatic rings. The number of anilines is 4. The lowest BCUT2D eigenvalue weighted by molar-refractivity contribution is 0.190. The first-order chi connectivity index (χ1) is 14.9. The van der Waals surface area contributed by atoms with E-state index in [0.717, 1.165) is 0 Å². The van der Waals surface area contributed by atoms with Crippen LogP contribution < -0.4 is 15.5 Å². The third-order valence-electron chi connectivity index (χ3n) is 4.16. The topological polar surface area (TPSA) is 79.4 Å². The van der Waals surface area contributed by atoms with Crippen molar-refractivity contribution >= 4 is 64.0 Å². The van der Waals surface area contributed by atoms with Crippen molar-refractivity contribution in [2.75, 3.05) is 29.3 Å². The Bertz CT molecular complexity index is 1050. The Hall–Kier alpha value is -2.58. The second-order valence-electron chi connectivity index (χ2n) is 6.56. The van der Waals surface area contributed by atoms with E-state index >= 15 is 0 Å². The first kappa shape index (κ1) is 23.1. The number of para-hydroxylation sites is 1. The SMILES string of the molecule is COC[C@H](C)Nc1nccc(N(C(=O)Nc2ccc(Cl)c(Cl)c2Cl)c2ccccc2)n1. The molecule has 7 nitrogen and oxygen atoms in total. The summed E-state index contributed by atoms with van der Waals surface area (Å²) < 4.78 is 5.13. The van der Waals surface area contributed by atoms with Gasteiger partial charge in [-0.05, 0) is 31.2 Å². The molecule has 162 valence electrons. The van der Waals surface area contributed by atoms with Gasteiger partial charge < -0.3 is 15.4 Å². The molecular weight excluding hydrogens is 461 g/mol. The molecule has 31 heavy (non-hydrogen) atoms. The molecule has 3 rings (SSSR count). The summed E-state index contributed by atoms with van der Waals surface area (Å²) >= 11 is 18.3. The van der Waals surface area contributed by atoms with Gasteiger partial charge in [-0.1, -0.05) is 53.0 Å². The number of nitrogens with one attached hydrogen (secondary N) is 2. The van der Waals surface area contributed by atoms with Crippen molar-refractivity contribution in [1.29, 1.82) is 0 Å². The smallest absolute Gasteiger partial charge is 0.332 e. The summed E-state index contributed by atoms with van der Waals surface area (Å²) in [7, 11) is 1.62. The highest BCUT2D eigenvalue weighted by atomic mass is 35.5. The van der Waals surface area contributed by atoms with Crippen LogP contribution in [0.1, 0.15) is 6.92 Å². The van der Waals surface area contributed by atoms with E-state index in [0.29, 0.717) is 34.8 Å². The molecule has 0 aliphatic rings. The first-order valence-electron chi connectivity index (χ1n) is 9.29. The zero-order chi connectivity index (χ0) is 22.4. The van der Waals surface area contributed by atoms with E-state index in [1.165, 1.54) is 4.90 Å². The maximum Gasteiger partial charge on any atom is 0.332 e. The second kappa shape index (κ2) is 10.6. The van der Waals surface area contributed by atoms with E-state index in [2.05, 4.69) is 20.6 Å². The highest BCUT2D eigenvalue weighted by Gasteiger charge is 2.22. The molecule has 0 saturated heterocycles. The summed E-state index contributed by atoms with van der Waals surface area (Å²) in [6, 6.07) is 13.3. The standard InChI is InChI=1S/C21H20Cl3N5O2/c1-13(12-31-2)26-20-25-11-10-17(28-20)29(14-6-4-3-5-7-14)21(30)27-16-9-8-15(22)18(23)19(16)24/h3-11,13H,12H2,1-2H3,(H,27,30)(H,25,26,28)/t13-/m0/s1. The highest BCUT2D eigenvalue weighted by molar-refractivity contribution is 6.49. The summed E-state index contributed by atoms with van der Waals surface area (Å²) in [5.41, 5.74) is 0.925. The number of amides is 2. The number of halogens is 3. The van der Waals surface area contributed by atoms with E-state index < -0.39 is 6.03 Å². The molecule has 2 amide bonds. The van der Waals surface area contributed by atoms with Crippen LogP contribution in [0.15, 0.2) is 54.7 Å². The van der Waals surface area contributed by atoms with Crippen molar-refractivity contribution in [3.63, 3.8) is 0 Å². The molecule has 1 aromatic heterocycles. The number of aromatic nitrogens is 2. The van der Waals surface area contributed by atoms with Gasteiger partial charge in [0, 0.05) is 25.4 Å². The Labute approximate surface area is 195 Å². The van der Waals surface area contributed by atoms with Crippen LogP contribution >= 0.6 is 34.8 Å². The summed E-state index contributed by atoms with van der Waals surface area (Å²) in [5, 5.41) is 6.51. The van der Waals surface area contributed by atoms with Crippen molar-refractivity contribution in [2.45, 2.75) is 13.0 Å². The van der Waals surface area contributed by atoms with Crippen LogP contribution in [0.25, 0.3) is 0 Å². The summed E-state index contributed by atoms with van der Waals surface area (Å²) in [5.74, 6) is 0.727. The van der Waals surface area contributed by atoms with Gasteiger partial charge in [0.1, 0.15) is 5.82 Å². The summed E-state index contributed by atoms with van der Waals surface area (Å²) in [6.07, 6.45) is 1.57. The van der Waals surface area contributed by atoms with Gasteiger partial charge in [0.25, 0.3) is 0 Å². The van der Waals surface area contributed by atoms with Gasteiger partial charge in [0.15, 0.2) is 0 Å². The van der Waals surface area contributed by atoms with Crippen LogP contribution in [0.3, 0.4) is 0 Å². The van der Waals surface area contributed by atoms with Crippen LogP contribution in [0.5, 0.6) is 0 Å². The van der Waals surface area contributed by atoms with E-state index in [-0.39, 0.29) is 16.1 Å². The van der Waals surface area contributed by atoms with Crippen molar-refractivity contribution in [1.82, 2.24) is 9.97 Å². The Morgan fingerprint density at radius 3 is 2.55 bits per heavy atom. The molecule has 0 bridgehead atoms. The van der Waals surface area contributed by atoms with Gasteiger partial charge in [-0.25, -0.2) is 14.7 Å². The lowest BCUT2D eigenvalue weighted by Gasteiger charge is -2.23. The minimum atomic E-state index is -0.485. The fourth-order valence-electron chi connectivity index (χ4n) is 2.78. The average molecular weight is 481 g/mol. The molecular formula is C21H20Cl3N5O2. The zero-order valence-corrected chi connectivity index (χ0v) is 19.0. The van der Waals surface area contributed by atoms with Crippen LogP contribution in [0, 0.1) is 0 Å². The first-order valence-corrected chi connectivity index (χ1v) is 10.4. The van der Waals surface area contributed by atoms with E-state index in [1.54, 1.807) is 43.6 Å². The Balaban J connectivity index is 1.95. The molecule has 1 atom stereocenters. The number of hydrogen-bond acceptors (Lipinski definition) is 5. The van der Waals surface area contributed by atoms with Crippen LogP contribution in [0.2, 0.25) is 15.1 Å². The van der Waals surface area contributed by atoms with Crippen LogP contribution in [-0.2, 0) is 4.74 Å². The van der Waals surface area contributed by atoms with Crippen LogP contribution in [-0.4, -0.2) is 35.8 Å². The highest BCUT2D eigenvalue weighted by Crippen LogP contribution is 2.36. The minimum Gasteiger partial charge on any atom is -0.383 e. The van der Waals surface area contributed by atoms with Gasteiger partial charge >= 0.3 is 6.03 Å². The molecule has 0 unspecified atom stereocenters. The Kier molecular flexibility index (Phi) is 7.92. The lowest BCUT2D eigenvalue weighted by Crippen LogP contribution is -2.32. The molecule has 0 saturated carbocycles.